The molecule has 0 aliphatic rings. The van der Waals surface area contributed by atoms with Crippen LogP contribution in [-0.2, 0) is 4.74 Å². The summed E-state index contributed by atoms with van der Waals surface area (Å²) >= 11 is 0. The number of carbonyl (C=O) groups excluding carboxylic acids is 1. The van der Waals surface area contributed by atoms with Gasteiger partial charge in [0.05, 0.1) is 11.1 Å². The molecule has 4 rings (SSSR count). The van der Waals surface area contributed by atoms with Crippen molar-refractivity contribution >= 4 is 28.4 Å². The number of fused-ring (bicyclic) bond motifs is 1. The molecule has 1 aromatic heterocycles. The van der Waals surface area contributed by atoms with Crippen LogP contribution in [-0.4, -0.2) is 16.1 Å². The lowest BCUT2D eigenvalue weighted by molar-refractivity contribution is 0.0689. The Hall–Kier alpha value is -3.92. The monoisotopic (exact) mass is 367 g/mol. The van der Waals surface area contributed by atoms with E-state index in [1.165, 1.54) is 0 Å². The Morgan fingerprint density at radius 2 is 1.32 bits per heavy atom. The van der Waals surface area contributed by atoms with Crippen molar-refractivity contribution in [3.05, 3.63) is 114 Å². The van der Waals surface area contributed by atoms with E-state index in [2.05, 4.69) is 4.98 Å². The Morgan fingerprint density at radius 3 is 2.04 bits per heavy atom. The lowest BCUT2D eigenvalue weighted by Crippen LogP contribution is -2.07. The molecule has 0 spiro atoms. The molecule has 0 saturated carbocycles. The van der Waals surface area contributed by atoms with E-state index in [4.69, 9.17) is 4.74 Å². The van der Waals surface area contributed by atoms with E-state index in [0.717, 1.165) is 10.9 Å². The van der Waals surface area contributed by atoms with Gasteiger partial charge in [-0.05, 0) is 24.3 Å². The van der Waals surface area contributed by atoms with Crippen LogP contribution in [0.1, 0.15) is 21.6 Å². The Bertz CT molecular complexity index is 1150. The molecule has 0 saturated heterocycles. The third-order valence-corrected chi connectivity index (χ3v) is 4.30. The van der Waals surface area contributed by atoms with Gasteiger partial charge in [-0.3, -0.25) is 0 Å². The first-order valence-electron chi connectivity index (χ1n) is 8.84. The lowest BCUT2D eigenvalue weighted by atomic mass is 10.1. The smallest absolute Gasteiger partial charge is 0.343 e. The Labute approximate surface area is 162 Å². The quantitative estimate of drug-likeness (QED) is 0.383. The van der Waals surface area contributed by atoms with E-state index in [0.29, 0.717) is 16.8 Å². The van der Waals surface area contributed by atoms with Crippen LogP contribution in [0.15, 0.2) is 97.1 Å². The van der Waals surface area contributed by atoms with E-state index in [9.17, 15) is 9.90 Å². The molecule has 4 nitrogen and oxygen atoms in total. The summed E-state index contributed by atoms with van der Waals surface area (Å²) < 4.78 is 5.62. The highest BCUT2D eigenvalue weighted by Crippen LogP contribution is 2.27. The SMILES string of the molecule is O=C(O/C(=C(/O)c1ccccc1)c1ccc2ccccc2n1)c1ccccc1. The summed E-state index contributed by atoms with van der Waals surface area (Å²) in [7, 11) is 0. The van der Waals surface area contributed by atoms with Gasteiger partial charge >= 0.3 is 5.97 Å². The fourth-order valence-electron chi connectivity index (χ4n) is 2.87. The maximum atomic E-state index is 12.6. The maximum absolute atomic E-state index is 12.6. The highest BCUT2D eigenvalue weighted by atomic mass is 16.5. The standard InChI is InChI=1S/C24H17NO3/c26-22(18-10-3-1-4-11-18)23(28-24(27)19-12-5-2-6-13-19)21-16-15-17-9-7-8-14-20(17)25-21/h1-16,26H/b23-22+. The molecule has 28 heavy (non-hydrogen) atoms. The molecule has 0 aliphatic heterocycles. The summed E-state index contributed by atoms with van der Waals surface area (Å²) in [6.07, 6.45) is 0. The van der Waals surface area contributed by atoms with Crippen LogP contribution in [0.4, 0.5) is 0 Å². The Morgan fingerprint density at radius 1 is 0.714 bits per heavy atom. The van der Waals surface area contributed by atoms with Gasteiger partial charge in [0.1, 0.15) is 5.69 Å². The number of aliphatic hydroxyl groups excluding tert-OH is 1. The largest absolute Gasteiger partial charge is 0.504 e. The fraction of sp³-hybridized carbons (Fsp3) is 0. The molecule has 1 N–H and O–H groups in total. The maximum Gasteiger partial charge on any atom is 0.343 e. The van der Waals surface area contributed by atoms with Gasteiger partial charge in [-0.1, -0.05) is 72.8 Å². The van der Waals surface area contributed by atoms with E-state index < -0.39 is 5.97 Å². The van der Waals surface area contributed by atoms with Gasteiger partial charge < -0.3 is 9.84 Å². The molecule has 0 radical (unpaired) electrons. The molecule has 3 aromatic carbocycles. The molecule has 0 bridgehead atoms. The average molecular weight is 367 g/mol. The second-order valence-corrected chi connectivity index (χ2v) is 6.19. The highest BCUT2D eigenvalue weighted by molar-refractivity contribution is 5.96. The Balaban J connectivity index is 1.82. The van der Waals surface area contributed by atoms with E-state index >= 15 is 0 Å². The molecule has 0 fully saturated rings. The zero-order valence-electron chi connectivity index (χ0n) is 14.9. The van der Waals surface area contributed by atoms with Crippen molar-refractivity contribution in [2.45, 2.75) is 0 Å². The van der Waals surface area contributed by atoms with Gasteiger partial charge in [-0.15, -0.1) is 0 Å². The summed E-state index contributed by atoms with van der Waals surface area (Å²) in [5.41, 5.74) is 2.05. The van der Waals surface area contributed by atoms with E-state index in [1.54, 1.807) is 54.6 Å². The average Bonchev–Trinajstić information content (AvgIpc) is 2.77. The number of rotatable bonds is 4. The van der Waals surface area contributed by atoms with Crippen LogP contribution in [0.2, 0.25) is 0 Å². The number of aliphatic hydroxyl groups is 1. The number of para-hydroxylation sites is 1. The van der Waals surface area contributed by atoms with Crippen molar-refractivity contribution in [1.82, 2.24) is 4.98 Å². The molecular weight excluding hydrogens is 350 g/mol. The van der Waals surface area contributed by atoms with Crippen molar-refractivity contribution in [2.75, 3.05) is 0 Å². The second kappa shape index (κ2) is 7.76. The number of aromatic nitrogens is 1. The normalized spacial score (nSPS) is 11.7. The van der Waals surface area contributed by atoms with Crippen LogP contribution >= 0.6 is 0 Å². The summed E-state index contributed by atoms with van der Waals surface area (Å²) in [4.78, 5) is 17.2. The van der Waals surface area contributed by atoms with Gasteiger partial charge in [0.25, 0.3) is 0 Å². The van der Waals surface area contributed by atoms with E-state index in [-0.39, 0.29) is 11.5 Å². The van der Waals surface area contributed by atoms with Crippen LogP contribution < -0.4 is 0 Å². The fourth-order valence-corrected chi connectivity index (χ4v) is 2.87. The zero-order chi connectivity index (χ0) is 19.3. The Kier molecular flexibility index (Phi) is 4.85. The van der Waals surface area contributed by atoms with Crippen LogP contribution in [0.3, 0.4) is 0 Å². The van der Waals surface area contributed by atoms with E-state index in [1.807, 2.05) is 42.5 Å². The molecule has 0 aliphatic carbocycles. The topological polar surface area (TPSA) is 59.4 Å². The number of pyridine rings is 1. The van der Waals surface area contributed by atoms with Gasteiger partial charge in [0.2, 0.25) is 0 Å². The molecular formula is C24H17NO3. The van der Waals surface area contributed by atoms with Crippen molar-refractivity contribution in [3.63, 3.8) is 0 Å². The van der Waals surface area contributed by atoms with Crippen molar-refractivity contribution in [3.8, 4) is 0 Å². The van der Waals surface area contributed by atoms with Crippen LogP contribution in [0.25, 0.3) is 22.4 Å². The zero-order valence-corrected chi connectivity index (χ0v) is 14.9. The molecule has 136 valence electrons. The predicted molar refractivity (Wildman–Crippen MR) is 109 cm³/mol. The second-order valence-electron chi connectivity index (χ2n) is 6.19. The molecule has 4 heteroatoms. The molecule has 1 heterocycles. The number of nitrogens with zero attached hydrogens (tertiary/aromatic N) is 1. The third-order valence-electron chi connectivity index (χ3n) is 4.30. The van der Waals surface area contributed by atoms with Gasteiger partial charge in [-0.25, -0.2) is 9.78 Å². The van der Waals surface area contributed by atoms with Crippen LogP contribution in [0.5, 0.6) is 0 Å². The highest BCUT2D eigenvalue weighted by Gasteiger charge is 2.19. The van der Waals surface area contributed by atoms with Crippen molar-refractivity contribution in [2.24, 2.45) is 0 Å². The number of hydrogen-bond donors (Lipinski definition) is 1. The molecule has 0 unspecified atom stereocenters. The lowest BCUT2D eigenvalue weighted by Gasteiger charge is -2.12. The van der Waals surface area contributed by atoms with Crippen molar-refractivity contribution < 1.29 is 14.6 Å². The summed E-state index contributed by atoms with van der Waals surface area (Å²) in [5, 5.41) is 11.8. The first-order chi connectivity index (χ1) is 13.7. The predicted octanol–water partition coefficient (Wildman–Crippen LogP) is 5.48. The first-order valence-corrected chi connectivity index (χ1v) is 8.84. The summed E-state index contributed by atoms with van der Waals surface area (Å²) in [6.45, 7) is 0. The van der Waals surface area contributed by atoms with Gasteiger partial charge in [0, 0.05) is 10.9 Å². The molecule has 4 aromatic rings. The third kappa shape index (κ3) is 3.62. The minimum Gasteiger partial charge on any atom is -0.504 e. The molecule has 0 atom stereocenters. The first kappa shape index (κ1) is 17.5. The van der Waals surface area contributed by atoms with Gasteiger partial charge in [0.15, 0.2) is 11.5 Å². The number of benzene rings is 3. The summed E-state index contributed by atoms with van der Waals surface area (Å²) in [6, 6.07) is 28.8. The number of esters is 1. The molecule has 0 amide bonds. The minimum absolute atomic E-state index is 0.0193. The van der Waals surface area contributed by atoms with Crippen molar-refractivity contribution in [1.29, 1.82) is 0 Å². The number of hydrogen-bond acceptors (Lipinski definition) is 4. The summed E-state index contributed by atoms with van der Waals surface area (Å²) in [5.74, 6) is -0.688. The van der Waals surface area contributed by atoms with Gasteiger partial charge in [-0.2, -0.15) is 0 Å². The number of carbonyl (C=O) groups is 1. The van der Waals surface area contributed by atoms with Crippen LogP contribution in [0, 0.1) is 0 Å². The minimum atomic E-state index is -0.562. The number of ether oxygens (including phenoxy) is 1.